The lowest BCUT2D eigenvalue weighted by molar-refractivity contribution is -0.132. The van der Waals surface area contributed by atoms with Crippen LogP contribution in [0.1, 0.15) is 44.7 Å². The number of H-pyrrole nitrogens is 1. The van der Waals surface area contributed by atoms with Crippen LogP contribution < -0.4 is 4.90 Å². The number of aliphatic hydroxyl groups is 1. The van der Waals surface area contributed by atoms with Gasteiger partial charge < -0.3 is 19.4 Å². The van der Waals surface area contributed by atoms with Crippen molar-refractivity contribution in [3.8, 4) is 0 Å². The molecule has 170 valence electrons. The minimum absolute atomic E-state index is 0.119. The lowest BCUT2D eigenvalue weighted by atomic mass is 9.95. The molecule has 3 aromatic rings. The highest BCUT2D eigenvalue weighted by Crippen LogP contribution is 2.43. The summed E-state index contributed by atoms with van der Waals surface area (Å²) >= 11 is 6.18. The molecule has 10 heteroatoms. The molecule has 33 heavy (non-hydrogen) atoms. The van der Waals surface area contributed by atoms with Crippen molar-refractivity contribution in [2.45, 2.75) is 26.8 Å². The van der Waals surface area contributed by atoms with Crippen molar-refractivity contribution in [1.82, 2.24) is 10.1 Å². The summed E-state index contributed by atoms with van der Waals surface area (Å²) in [6.45, 7) is 4.90. The highest BCUT2D eigenvalue weighted by molar-refractivity contribution is 6.51. The highest BCUT2D eigenvalue weighted by atomic mass is 35.5. The first kappa shape index (κ1) is 22.3. The van der Waals surface area contributed by atoms with Crippen LogP contribution >= 0.6 is 11.6 Å². The van der Waals surface area contributed by atoms with Crippen LogP contribution in [0.15, 0.2) is 40.4 Å². The summed E-state index contributed by atoms with van der Waals surface area (Å²) in [5.41, 5.74) is 1.50. The van der Waals surface area contributed by atoms with E-state index >= 15 is 0 Å². The number of nitrogens with one attached hydrogen (secondary N) is 1. The van der Waals surface area contributed by atoms with Crippen LogP contribution in [0.4, 0.5) is 5.82 Å². The smallest absolute Gasteiger partial charge is 0.339 e. The van der Waals surface area contributed by atoms with E-state index in [0.29, 0.717) is 27.6 Å². The van der Waals surface area contributed by atoms with E-state index in [2.05, 4.69) is 10.1 Å². The van der Waals surface area contributed by atoms with Crippen LogP contribution in [0.5, 0.6) is 0 Å². The van der Waals surface area contributed by atoms with E-state index in [1.165, 1.54) is 13.2 Å². The molecule has 2 aromatic heterocycles. The molecule has 4 rings (SSSR count). The molecule has 0 radical (unpaired) electrons. The maximum absolute atomic E-state index is 13.2. The Morgan fingerprint density at radius 3 is 2.58 bits per heavy atom. The second kappa shape index (κ2) is 8.25. The highest BCUT2D eigenvalue weighted by Gasteiger charge is 2.48. The van der Waals surface area contributed by atoms with Crippen molar-refractivity contribution in [3.05, 3.63) is 74.8 Å². The number of amides is 1. The number of methoxy groups -OCH3 is 1. The van der Waals surface area contributed by atoms with Gasteiger partial charge in [-0.15, -0.1) is 0 Å². The number of rotatable bonds is 4. The summed E-state index contributed by atoms with van der Waals surface area (Å²) in [5.74, 6) is -2.29. The molecule has 0 saturated carbocycles. The predicted molar refractivity (Wildman–Crippen MR) is 119 cm³/mol. The number of benzene rings is 1. The first-order valence-corrected chi connectivity index (χ1v) is 10.3. The molecule has 0 bridgehead atoms. The van der Waals surface area contributed by atoms with Crippen molar-refractivity contribution >= 4 is 40.8 Å². The largest absolute Gasteiger partial charge is 0.505 e. The number of aromatic nitrogens is 2. The number of aryl methyl sites for hydroxylation is 2. The molecule has 1 aliphatic heterocycles. The number of Topliss-reactive ketones (excluding diaryl/α,β-unsaturated/α-hetero) is 1. The minimum atomic E-state index is -1.03. The Morgan fingerprint density at radius 1 is 1.24 bits per heavy atom. The molecule has 0 aliphatic carbocycles. The number of carbonyl (C=O) groups excluding carboxylic acids is 3. The minimum Gasteiger partial charge on any atom is -0.505 e. The molecule has 1 unspecified atom stereocenters. The van der Waals surface area contributed by atoms with Crippen molar-refractivity contribution in [1.29, 1.82) is 0 Å². The predicted octanol–water partition coefficient (Wildman–Crippen LogP) is 3.99. The molecule has 1 aliphatic rings. The fourth-order valence-electron chi connectivity index (χ4n) is 4.06. The number of esters is 1. The summed E-state index contributed by atoms with van der Waals surface area (Å²) < 4.78 is 9.92. The number of aromatic amines is 1. The average molecular weight is 470 g/mol. The van der Waals surface area contributed by atoms with Crippen molar-refractivity contribution < 1.29 is 28.8 Å². The maximum atomic E-state index is 13.2. The standard InChI is InChI=1S/C23H20ClN3O6/c1-10-8-15(26-33-10)27-19(13-6-5-7-14(24)9-13)17(21(29)22(27)30)20(28)18-11(2)16(12(3)25-18)23(31)32-4/h5-9,19,25,28H,1-4H3/b20-17+. The van der Waals surface area contributed by atoms with Gasteiger partial charge in [-0.05, 0) is 44.0 Å². The lowest BCUT2D eigenvalue weighted by Gasteiger charge is -2.23. The van der Waals surface area contributed by atoms with Gasteiger partial charge in [-0.3, -0.25) is 14.5 Å². The van der Waals surface area contributed by atoms with Crippen molar-refractivity contribution in [2.75, 3.05) is 12.0 Å². The monoisotopic (exact) mass is 469 g/mol. The van der Waals surface area contributed by atoms with Crippen LogP contribution in [0.25, 0.3) is 5.76 Å². The van der Waals surface area contributed by atoms with Gasteiger partial charge in [0.1, 0.15) is 11.5 Å². The van der Waals surface area contributed by atoms with Gasteiger partial charge in [-0.25, -0.2) is 4.79 Å². The second-order valence-electron chi connectivity index (χ2n) is 7.64. The van der Waals surface area contributed by atoms with Gasteiger partial charge in [0.05, 0.1) is 30.0 Å². The summed E-state index contributed by atoms with van der Waals surface area (Å²) in [5, 5.41) is 15.5. The van der Waals surface area contributed by atoms with Crippen LogP contribution in [-0.4, -0.2) is 40.0 Å². The van der Waals surface area contributed by atoms with Gasteiger partial charge in [-0.2, -0.15) is 0 Å². The summed E-state index contributed by atoms with van der Waals surface area (Å²) in [6, 6.07) is 7.09. The number of carbonyl (C=O) groups is 3. The molecule has 1 saturated heterocycles. The Labute approximate surface area is 193 Å². The fraction of sp³-hybridized carbons (Fsp3) is 0.217. The molecule has 1 fully saturated rings. The Morgan fingerprint density at radius 2 is 1.97 bits per heavy atom. The first-order chi connectivity index (χ1) is 15.6. The van der Waals surface area contributed by atoms with Crippen LogP contribution in [-0.2, 0) is 14.3 Å². The molecular weight excluding hydrogens is 450 g/mol. The molecule has 1 amide bonds. The maximum Gasteiger partial charge on any atom is 0.339 e. The molecular formula is C23H20ClN3O6. The third-order valence-corrected chi connectivity index (χ3v) is 5.77. The summed E-state index contributed by atoms with van der Waals surface area (Å²) in [6.07, 6.45) is 0. The van der Waals surface area contributed by atoms with E-state index < -0.39 is 29.5 Å². The Bertz CT molecular complexity index is 1340. The van der Waals surface area contributed by atoms with E-state index in [0.717, 1.165) is 4.90 Å². The number of hydrogen-bond acceptors (Lipinski definition) is 7. The molecule has 9 nitrogen and oxygen atoms in total. The van der Waals surface area contributed by atoms with Crippen LogP contribution in [0.2, 0.25) is 5.02 Å². The third kappa shape index (κ3) is 3.60. The second-order valence-corrected chi connectivity index (χ2v) is 8.07. The number of anilines is 1. The number of aliphatic hydroxyl groups excluding tert-OH is 1. The molecule has 1 atom stereocenters. The van der Waals surface area contributed by atoms with E-state index in [-0.39, 0.29) is 22.6 Å². The van der Waals surface area contributed by atoms with Gasteiger partial charge >= 0.3 is 11.9 Å². The third-order valence-electron chi connectivity index (χ3n) is 5.54. The zero-order valence-corrected chi connectivity index (χ0v) is 19.0. The van der Waals surface area contributed by atoms with Gasteiger partial charge in [-0.1, -0.05) is 28.9 Å². The number of ether oxygens (including phenoxy) is 1. The zero-order chi connectivity index (χ0) is 24.0. The number of ketones is 1. The summed E-state index contributed by atoms with van der Waals surface area (Å²) in [7, 11) is 1.25. The molecule has 1 aromatic carbocycles. The summed E-state index contributed by atoms with van der Waals surface area (Å²) in [4.78, 5) is 42.5. The Kier molecular flexibility index (Phi) is 5.59. The first-order valence-electron chi connectivity index (χ1n) is 9.93. The zero-order valence-electron chi connectivity index (χ0n) is 18.2. The van der Waals surface area contributed by atoms with Crippen LogP contribution in [0, 0.1) is 20.8 Å². The van der Waals surface area contributed by atoms with Crippen molar-refractivity contribution in [2.24, 2.45) is 0 Å². The Balaban J connectivity index is 1.97. The Hall–Kier alpha value is -3.85. The SMILES string of the molecule is COC(=O)c1c(C)[nH]c(/C(O)=C2\C(=O)C(=O)N(c3cc(C)on3)C2c2cccc(Cl)c2)c1C. The van der Waals surface area contributed by atoms with Crippen LogP contribution in [0.3, 0.4) is 0 Å². The van der Waals surface area contributed by atoms with Gasteiger partial charge in [0.2, 0.25) is 0 Å². The number of nitrogens with zero attached hydrogens (tertiary/aromatic N) is 2. The quantitative estimate of drug-likeness (QED) is 0.256. The van der Waals surface area contributed by atoms with Crippen molar-refractivity contribution in [3.63, 3.8) is 0 Å². The molecule has 0 spiro atoms. The topological polar surface area (TPSA) is 126 Å². The lowest BCUT2D eigenvalue weighted by Crippen LogP contribution is -2.29. The number of halogens is 1. The van der Waals surface area contributed by atoms with Gasteiger partial charge in [0.25, 0.3) is 5.78 Å². The molecule has 2 N–H and O–H groups in total. The number of hydrogen-bond donors (Lipinski definition) is 2. The van der Waals surface area contributed by atoms with E-state index in [9.17, 15) is 19.5 Å². The van der Waals surface area contributed by atoms with E-state index in [4.69, 9.17) is 20.9 Å². The van der Waals surface area contributed by atoms with E-state index in [1.807, 2.05) is 0 Å². The van der Waals surface area contributed by atoms with Gasteiger partial charge in [0, 0.05) is 16.8 Å². The fourth-order valence-corrected chi connectivity index (χ4v) is 4.26. The van der Waals surface area contributed by atoms with E-state index in [1.54, 1.807) is 45.0 Å². The van der Waals surface area contributed by atoms with Gasteiger partial charge in [0.15, 0.2) is 5.82 Å². The molecule has 3 heterocycles. The normalized spacial score (nSPS) is 17.6. The average Bonchev–Trinajstić information content (AvgIpc) is 3.41.